The molecule has 0 radical (unpaired) electrons. The number of benzene rings is 1. The molecule has 0 saturated carbocycles. The largest absolute Gasteiger partial charge is 0.490 e. The van der Waals surface area contributed by atoms with Crippen LogP contribution in [-0.2, 0) is 4.79 Å². The van der Waals surface area contributed by atoms with Crippen LogP contribution in [0.25, 0.3) is 16.5 Å². The highest BCUT2D eigenvalue weighted by Gasteiger charge is 2.12. The molecule has 0 unspecified atom stereocenters. The monoisotopic (exact) mass is 443 g/mol. The van der Waals surface area contributed by atoms with Crippen molar-refractivity contribution in [1.82, 2.24) is 5.32 Å². The van der Waals surface area contributed by atoms with E-state index in [-0.39, 0.29) is 17.8 Å². The minimum Gasteiger partial charge on any atom is -0.490 e. The molecule has 1 amide bonds. The Labute approximate surface area is 147 Å². The molecular weight excluding hydrogens is 434 g/mol. The highest BCUT2D eigenvalue weighted by molar-refractivity contribution is 9.10. The molecule has 0 aliphatic carbocycles. The molecule has 0 aliphatic rings. The summed E-state index contributed by atoms with van der Waals surface area (Å²) in [5.74, 6) is 0.330. The fourth-order valence-corrected chi connectivity index (χ4v) is 2.52. The van der Waals surface area contributed by atoms with Crippen LogP contribution in [0.5, 0.6) is 5.75 Å². The van der Waals surface area contributed by atoms with E-state index in [2.05, 4.69) is 42.0 Å². The van der Waals surface area contributed by atoms with Crippen molar-refractivity contribution in [3.05, 3.63) is 44.2 Å². The van der Waals surface area contributed by atoms with Gasteiger partial charge in [-0.1, -0.05) is 15.9 Å². The first-order chi connectivity index (χ1) is 11.0. The summed E-state index contributed by atoms with van der Waals surface area (Å²) in [7, 11) is 0. The summed E-state index contributed by atoms with van der Waals surface area (Å²) in [5.41, 5.74) is 8.83. The molecule has 2 aromatic rings. The summed E-state index contributed by atoms with van der Waals surface area (Å²) >= 11 is 6.42. The average Bonchev–Trinajstić information content (AvgIpc) is 2.52. The van der Waals surface area contributed by atoms with E-state index in [0.29, 0.717) is 33.3 Å². The number of nitrogens with one attached hydrogen (secondary N) is 1. The Morgan fingerprint density at radius 3 is 2.91 bits per heavy atom. The van der Waals surface area contributed by atoms with E-state index < -0.39 is 5.63 Å². The third-order valence-electron chi connectivity index (χ3n) is 2.83. The first kappa shape index (κ1) is 17.4. The predicted octanol–water partition coefficient (Wildman–Crippen LogP) is 2.09. The van der Waals surface area contributed by atoms with Crippen LogP contribution < -0.4 is 15.7 Å². The third kappa shape index (κ3) is 4.51. The lowest BCUT2D eigenvalue weighted by Gasteiger charge is -2.10. The Morgan fingerprint density at radius 1 is 1.43 bits per heavy atom. The van der Waals surface area contributed by atoms with E-state index in [9.17, 15) is 9.59 Å². The Morgan fingerprint density at radius 2 is 2.22 bits per heavy atom. The smallest absolute Gasteiger partial charge is 0.337 e. The lowest BCUT2D eigenvalue weighted by atomic mass is 10.1. The molecule has 0 saturated heterocycles. The number of hydrogen-bond donors (Lipinski definition) is 1. The van der Waals surface area contributed by atoms with Gasteiger partial charge in [0.05, 0.1) is 21.9 Å². The molecule has 1 N–H and O–H groups in total. The molecule has 9 heteroatoms. The standard InChI is InChI=1S/C14H11Br2N3O4/c15-6-13(20)18-1-2-22-12-5-11-9(4-10(12)16)8(7-19-17)3-14(21)23-11/h3-5,7H,1-2,6H2,(H,18,20). The number of carbonyl (C=O) groups is 1. The van der Waals surface area contributed by atoms with Gasteiger partial charge in [0, 0.05) is 17.5 Å². The second-order valence-electron chi connectivity index (χ2n) is 4.38. The Bertz CT molecular complexity index is 844. The number of fused-ring (bicyclic) bond motifs is 1. The summed E-state index contributed by atoms with van der Waals surface area (Å²) in [6.07, 6.45) is 1.15. The number of ether oxygens (including phenoxy) is 1. The van der Waals surface area contributed by atoms with Gasteiger partial charge < -0.3 is 20.0 Å². The van der Waals surface area contributed by atoms with Crippen LogP contribution >= 0.6 is 31.9 Å². The van der Waals surface area contributed by atoms with Crippen molar-refractivity contribution in [2.45, 2.75) is 0 Å². The molecule has 1 aromatic heterocycles. The predicted molar refractivity (Wildman–Crippen MR) is 91.3 cm³/mol. The fraction of sp³-hybridized carbons (Fsp3) is 0.214. The van der Waals surface area contributed by atoms with Crippen LogP contribution in [0.15, 0.2) is 31.9 Å². The van der Waals surface area contributed by atoms with Crippen molar-refractivity contribution in [2.75, 3.05) is 18.5 Å². The summed E-state index contributed by atoms with van der Waals surface area (Å²) in [4.78, 5) is 25.6. The number of nitrogens with zero attached hydrogens (tertiary/aromatic N) is 2. The van der Waals surface area contributed by atoms with Gasteiger partial charge in [-0.3, -0.25) is 4.79 Å². The van der Waals surface area contributed by atoms with E-state index in [1.165, 1.54) is 6.07 Å². The number of hydrogen-bond acceptors (Lipinski definition) is 4. The first-order valence-electron chi connectivity index (χ1n) is 6.45. The average molecular weight is 445 g/mol. The summed E-state index contributed by atoms with van der Waals surface area (Å²) in [6, 6.07) is 4.48. The quantitative estimate of drug-likeness (QED) is 0.184. The molecule has 2 rings (SSSR count). The van der Waals surface area contributed by atoms with E-state index in [0.717, 1.165) is 6.21 Å². The molecule has 0 bridgehead atoms. The Kier molecular flexibility index (Phi) is 6.09. The second kappa shape index (κ2) is 8.05. The maximum absolute atomic E-state index is 11.5. The topological polar surface area (TPSA) is 105 Å². The molecule has 7 nitrogen and oxygen atoms in total. The second-order valence-corrected chi connectivity index (χ2v) is 5.79. The SMILES string of the molecule is [N-]=[N+]=Cc1cc(=O)oc2cc(OCCNC(=O)CBr)c(Br)cc12. The number of amides is 1. The highest BCUT2D eigenvalue weighted by Crippen LogP contribution is 2.31. The molecule has 0 spiro atoms. The maximum Gasteiger partial charge on any atom is 0.337 e. The minimum absolute atomic E-state index is 0.134. The van der Waals surface area contributed by atoms with Gasteiger partial charge in [0.15, 0.2) is 0 Å². The van der Waals surface area contributed by atoms with Crippen LogP contribution in [0, 0.1) is 0 Å². The van der Waals surface area contributed by atoms with Gasteiger partial charge in [0.2, 0.25) is 5.91 Å². The van der Waals surface area contributed by atoms with Crippen LogP contribution in [0.1, 0.15) is 5.56 Å². The lowest BCUT2D eigenvalue weighted by Crippen LogP contribution is -2.28. The van der Waals surface area contributed by atoms with Crippen LogP contribution in [0.4, 0.5) is 0 Å². The molecule has 0 fully saturated rings. The van der Waals surface area contributed by atoms with Gasteiger partial charge in [-0.25, -0.2) is 4.79 Å². The van der Waals surface area contributed by atoms with Gasteiger partial charge in [0.25, 0.3) is 6.21 Å². The number of carbonyl (C=O) groups excluding carboxylic acids is 1. The van der Waals surface area contributed by atoms with Gasteiger partial charge in [0.1, 0.15) is 17.9 Å². The molecule has 1 aromatic carbocycles. The summed E-state index contributed by atoms with van der Waals surface area (Å²) in [5, 5.41) is 3.47. The van der Waals surface area contributed by atoms with E-state index in [4.69, 9.17) is 14.7 Å². The lowest BCUT2D eigenvalue weighted by molar-refractivity contribution is -0.118. The van der Waals surface area contributed by atoms with Crippen molar-refractivity contribution in [1.29, 1.82) is 0 Å². The summed E-state index contributed by atoms with van der Waals surface area (Å²) in [6.45, 7) is 0.598. The highest BCUT2D eigenvalue weighted by atomic mass is 79.9. The molecular formula is C14H11Br2N3O4. The molecule has 0 atom stereocenters. The number of rotatable bonds is 6. The minimum atomic E-state index is -0.565. The normalized spacial score (nSPS) is 10.2. The number of alkyl halides is 1. The zero-order chi connectivity index (χ0) is 16.8. The van der Waals surface area contributed by atoms with Crippen molar-refractivity contribution in [3.63, 3.8) is 0 Å². The van der Waals surface area contributed by atoms with Crippen LogP contribution in [-0.4, -0.2) is 35.4 Å². The van der Waals surface area contributed by atoms with Crippen molar-refractivity contribution < 1.29 is 18.7 Å². The van der Waals surface area contributed by atoms with E-state index in [1.54, 1.807) is 12.1 Å². The van der Waals surface area contributed by atoms with E-state index >= 15 is 0 Å². The van der Waals surface area contributed by atoms with E-state index in [1.807, 2.05) is 0 Å². The Balaban J connectivity index is 2.25. The van der Waals surface area contributed by atoms with Crippen molar-refractivity contribution in [2.24, 2.45) is 0 Å². The Hall–Kier alpha value is -1.96. The third-order valence-corrected chi connectivity index (χ3v) is 3.96. The fourth-order valence-electron chi connectivity index (χ4n) is 1.87. The first-order valence-corrected chi connectivity index (χ1v) is 8.37. The molecule has 1 heterocycles. The molecule has 23 heavy (non-hydrogen) atoms. The van der Waals surface area contributed by atoms with Gasteiger partial charge >= 0.3 is 5.63 Å². The van der Waals surface area contributed by atoms with Gasteiger partial charge in [-0.05, 0) is 22.0 Å². The zero-order valence-electron chi connectivity index (χ0n) is 11.7. The van der Waals surface area contributed by atoms with Crippen molar-refractivity contribution >= 4 is 55.0 Å². The van der Waals surface area contributed by atoms with Crippen LogP contribution in [0.3, 0.4) is 0 Å². The van der Waals surface area contributed by atoms with Gasteiger partial charge in [-0.2, -0.15) is 4.79 Å². The molecule has 120 valence electrons. The zero-order valence-corrected chi connectivity index (χ0v) is 14.9. The molecule has 0 aliphatic heterocycles. The van der Waals surface area contributed by atoms with Gasteiger partial charge in [-0.15, -0.1) is 0 Å². The summed E-state index contributed by atoms with van der Waals surface area (Å²) < 4.78 is 11.3. The maximum atomic E-state index is 11.5. The number of halogens is 2. The van der Waals surface area contributed by atoms with Crippen molar-refractivity contribution in [3.8, 4) is 5.75 Å². The van der Waals surface area contributed by atoms with Crippen LogP contribution in [0.2, 0.25) is 0 Å².